The minimum Gasteiger partial charge on any atom is -0.199 e. The van der Waals surface area contributed by atoms with E-state index in [1.807, 2.05) is 24.3 Å². The van der Waals surface area contributed by atoms with Gasteiger partial charge in [-0.1, -0.05) is 23.7 Å². The highest BCUT2D eigenvalue weighted by atomic mass is 35.5. The first-order valence-electron chi connectivity index (χ1n) is 2.36. The molecule has 0 saturated heterocycles. The van der Waals surface area contributed by atoms with Crippen molar-refractivity contribution in [2.24, 2.45) is 0 Å². The van der Waals surface area contributed by atoms with Crippen LogP contribution in [0.15, 0.2) is 24.3 Å². The summed E-state index contributed by atoms with van der Waals surface area (Å²) < 4.78 is 0. The fourth-order valence-corrected chi connectivity index (χ4v) is 0.610. The fourth-order valence-electron chi connectivity index (χ4n) is 0.484. The second-order valence-corrected chi connectivity index (χ2v) is 2.06. The van der Waals surface area contributed by atoms with Gasteiger partial charge in [-0.3, -0.25) is 0 Å². The van der Waals surface area contributed by atoms with Gasteiger partial charge in [0.25, 0.3) is 0 Å². The van der Waals surface area contributed by atoms with Crippen molar-refractivity contribution in [3.63, 3.8) is 0 Å². The first-order chi connectivity index (χ1) is 3.79. The van der Waals surface area contributed by atoms with Crippen molar-refractivity contribution in [1.82, 2.24) is 0 Å². The Morgan fingerprint density at radius 3 is 2.00 bits per heavy atom. The van der Waals surface area contributed by atoms with Gasteiger partial charge in [0.1, 0.15) is 0 Å². The highest BCUT2D eigenvalue weighted by Crippen LogP contribution is 2.07. The third kappa shape index (κ3) is 1.17. The lowest BCUT2D eigenvalue weighted by Gasteiger charge is -1.97. The van der Waals surface area contributed by atoms with E-state index in [0.717, 1.165) is 10.6 Å². The fraction of sp³-hybridized carbons (Fsp3) is 0. The van der Waals surface area contributed by atoms with Crippen LogP contribution < -0.4 is 0 Å². The first-order valence-corrected chi connectivity index (χ1v) is 2.74. The zero-order chi connectivity index (χ0) is 5.98. The molecule has 0 amide bonds. The number of hydrogen-bond acceptors (Lipinski definition) is 0. The van der Waals surface area contributed by atoms with Crippen molar-refractivity contribution in [2.75, 3.05) is 0 Å². The van der Waals surface area contributed by atoms with E-state index in [4.69, 9.17) is 11.6 Å². The maximum Gasteiger partial charge on any atom is 0.0164 e. The monoisotopic (exact) mass is 125 g/mol. The van der Waals surface area contributed by atoms with Crippen molar-refractivity contribution >= 4 is 11.6 Å². The highest BCUT2D eigenvalue weighted by Gasteiger charge is 1.74. The lowest BCUT2D eigenvalue weighted by atomic mass is 10.2. The molecule has 42 valence electrons. The molecule has 0 atom stereocenters. The molecule has 0 bridgehead atoms. The van der Waals surface area contributed by atoms with Crippen LogP contribution >= 0.6 is 11.6 Å². The van der Waals surface area contributed by atoms with E-state index in [0.29, 0.717) is 0 Å². The van der Waals surface area contributed by atoms with E-state index in [2.05, 4.69) is 6.92 Å². The van der Waals surface area contributed by atoms with Crippen LogP contribution in [0.3, 0.4) is 0 Å². The van der Waals surface area contributed by atoms with E-state index in [9.17, 15) is 0 Å². The predicted octanol–water partition coefficient (Wildman–Crippen LogP) is 2.52. The van der Waals surface area contributed by atoms with Crippen LogP contribution in [0.1, 0.15) is 5.56 Å². The van der Waals surface area contributed by atoms with Gasteiger partial charge in [-0.15, -0.1) is 0 Å². The average Bonchev–Trinajstić information content (AvgIpc) is 1.77. The van der Waals surface area contributed by atoms with Crippen LogP contribution in [0.25, 0.3) is 0 Å². The summed E-state index contributed by atoms with van der Waals surface area (Å²) in [5.74, 6) is 0. The molecular formula is C7H6Cl-. The average molecular weight is 126 g/mol. The molecule has 0 spiro atoms. The molecule has 0 nitrogen and oxygen atoms in total. The summed E-state index contributed by atoms with van der Waals surface area (Å²) in [6.45, 7) is 3.70. The van der Waals surface area contributed by atoms with Crippen LogP contribution in [0.4, 0.5) is 0 Å². The zero-order valence-electron chi connectivity index (χ0n) is 4.39. The third-order valence-corrected chi connectivity index (χ3v) is 1.17. The third-order valence-electron chi connectivity index (χ3n) is 0.913. The number of rotatable bonds is 0. The number of benzene rings is 1. The molecule has 0 aliphatic rings. The molecule has 1 aromatic carbocycles. The summed E-state index contributed by atoms with van der Waals surface area (Å²) >= 11 is 5.58. The molecule has 1 heteroatoms. The maximum atomic E-state index is 5.58. The lowest BCUT2D eigenvalue weighted by Crippen LogP contribution is -1.66. The topological polar surface area (TPSA) is 0 Å². The molecule has 0 aliphatic carbocycles. The van der Waals surface area contributed by atoms with Gasteiger partial charge in [0.15, 0.2) is 0 Å². The summed E-state index contributed by atoms with van der Waals surface area (Å²) in [5, 5.41) is 0.761. The molecule has 1 rings (SSSR count). The van der Waals surface area contributed by atoms with E-state index >= 15 is 0 Å². The molecule has 0 unspecified atom stereocenters. The molecule has 0 fully saturated rings. The Bertz CT molecular complexity index is 143. The largest absolute Gasteiger partial charge is 0.199 e. The van der Waals surface area contributed by atoms with Crippen LogP contribution in [0, 0.1) is 6.92 Å². The minimum absolute atomic E-state index is 0.761. The van der Waals surface area contributed by atoms with Gasteiger partial charge in [-0.05, 0) is 0 Å². The molecular weight excluding hydrogens is 120 g/mol. The maximum absolute atomic E-state index is 5.58. The molecule has 8 heavy (non-hydrogen) atoms. The second kappa shape index (κ2) is 2.10. The number of hydrogen-bond donors (Lipinski definition) is 0. The highest BCUT2D eigenvalue weighted by molar-refractivity contribution is 6.30. The van der Waals surface area contributed by atoms with Gasteiger partial charge in [-0.25, -0.2) is 0 Å². The quantitative estimate of drug-likeness (QED) is 0.468. The molecule has 0 radical (unpaired) electrons. The van der Waals surface area contributed by atoms with Gasteiger partial charge < -0.3 is 0 Å². The van der Waals surface area contributed by atoms with Gasteiger partial charge in [0.05, 0.1) is 0 Å². The van der Waals surface area contributed by atoms with E-state index in [1.165, 1.54) is 0 Å². The Morgan fingerprint density at radius 2 is 1.62 bits per heavy atom. The summed E-state index contributed by atoms with van der Waals surface area (Å²) in [4.78, 5) is 0. The van der Waals surface area contributed by atoms with Crippen molar-refractivity contribution in [2.45, 2.75) is 0 Å². The molecule has 0 heterocycles. The Hall–Kier alpha value is -0.620. The normalized spacial score (nSPS) is 9.12. The smallest absolute Gasteiger partial charge is 0.0164 e. The van der Waals surface area contributed by atoms with Crippen LogP contribution in [0.5, 0.6) is 0 Å². The van der Waals surface area contributed by atoms with E-state index < -0.39 is 0 Å². The lowest BCUT2D eigenvalue weighted by molar-refractivity contribution is 1.61. The van der Waals surface area contributed by atoms with Crippen LogP contribution in [-0.2, 0) is 0 Å². The molecule has 0 aromatic heterocycles. The van der Waals surface area contributed by atoms with Crippen molar-refractivity contribution in [3.05, 3.63) is 41.8 Å². The summed E-state index contributed by atoms with van der Waals surface area (Å²) in [7, 11) is 0. The number of halogens is 1. The Kier molecular flexibility index (Phi) is 1.45. The van der Waals surface area contributed by atoms with E-state index in [1.54, 1.807) is 0 Å². The van der Waals surface area contributed by atoms with Crippen LogP contribution in [0.2, 0.25) is 5.02 Å². The van der Waals surface area contributed by atoms with Gasteiger partial charge >= 0.3 is 0 Å². The standard InChI is InChI=1S/C7H6Cl/c1-6-2-4-7(8)5-3-6/h2-5H,1H2/q-1. The molecule has 1 aromatic rings. The van der Waals surface area contributed by atoms with Gasteiger partial charge in [-0.2, -0.15) is 24.6 Å². The Labute approximate surface area is 54.1 Å². The SMILES string of the molecule is [CH2-]c1ccc(Cl)cc1. The summed E-state index contributed by atoms with van der Waals surface area (Å²) in [6, 6.07) is 7.40. The van der Waals surface area contributed by atoms with Crippen molar-refractivity contribution in [1.29, 1.82) is 0 Å². The van der Waals surface area contributed by atoms with Crippen molar-refractivity contribution in [3.8, 4) is 0 Å². The Morgan fingerprint density at radius 1 is 1.12 bits per heavy atom. The van der Waals surface area contributed by atoms with Gasteiger partial charge in [0.2, 0.25) is 0 Å². The van der Waals surface area contributed by atoms with Gasteiger partial charge in [0, 0.05) is 5.02 Å². The summed E-state index contributed by atoms with van der Waals surface area (Å²) in [5.41, 5.74) is 0.995. The molecule has 0 saturated carbocycles. The molecule has 0 aliphatic heterocycles. The van der Waals surface area contributed by atoms with Crippen molar-refractivity contribution < 1.29 is 0 Å². The first kappa shape index (κ1) is 5.52. The predicted molar refractivity (Wildman–Crippen MR) is 35.9 cm³/mol. The minimum atomic E-state index is 0.761. The molecule has 0 N–H and O–H groups in total. The second-order valence-electron chi connectivity index (χ2n) is 1.63. The Balaban J connectivity index is 3.03. The van der Waals surface area contributed by atoms with E-state index in [-0.39, 0.29) is 0 Å². The van der Waals surface area contributed by atoms with Crippen LogP contribution in [-0.4, -0.2) is 0 Å². The summed E-state index contributed by atoms with van der Waals surface area (Å²) in [6.07, 6.45) is 0. The zero-order valence-corrected chi connectivity index (χ0v) is 5.15.